The smallest absolute Gasteiger partial charge is 0.326 e. The highest BCUT2D eigenvalue weighted by Gasteiger charge is 2.17. The van der Waals surface area contributed by atoms with E-state index < -0.39 is 12.0 Å². The first-order chi connectivity index (χ1) is 9.66. The highest BCUT2D eigenvalue weighted by molar-refractivity contribution is 5.86. The molecular weight excluding hydrogens is 254 g/mol. The van der Waals surface area contributed by atoms with Crippen molar-refractivity contribution in [3.8, 4) is 0 Å². The molecule has 20 heavy (non-hydrogen) atoms. The van der Waals surface area contributed by atoms with E-state index in [-0.39, 0.29) is 0 Å². The topological polar surface area (TPSA) is 60.0 Å². The third kappa shape index (κ3) is 2.07. The Labute approximate surface area is 116 Å². The van der Waals surface area contributed by atoms with E-state index in [1.54, 1.807) is 19.4 Å². The number of hydrogen-bond acceptors (Lipinski definition) is 2. The highest BCUT2D eigenvalue weighted by atomic mass is 16.4. The molecule has 5 nitrogen and oxygen atoms in total. The summed E-state index contributed by atoms with van der Waals surface area (Å²) in [5.74, 6) is -0.833. The second-order valence-electron chi connectivity index (χ2n) is 4.83. The fourth-order valence-corrected chi connectivity index (χ4v) is 2.42. The molecule has 0 spiro atoms. The van der Waals surface area contributed by atoms with Gasteiger partial charge in [0.15, 0.2) is 0 Å². The lowest BCUT2D eigenvalue weighted by Crippen LogP contribution is -2.14. The number of hydrogen-bond donors (Lipinski definition) is 1. The Morgan fingerprint density at radius 2 is 2.20 bits per heavy atom. The number of carboxylic acids is 1. The summed E-state index contributed by atoms with van der Waals surface area (Å²) in [5, 5.41) is 10.3. The van der Waals surface area contributed by atoms with Gasteiger partial charge in [0.05, 0.1) is 12.9 Å². The number of nitrogens with zero attached hydrogens (tertiary/aromatic N) is 3. The van der Waals surface area contributed by atoms with Crippen molar-refractivity contribution >= 4 is 16.9 Å². The van der Waals surface area contributed by atoms with Crippen LogP contribution >= 0.6 is 0 Å². The van der Waals surface area contributed by atoms with Gasteiger partial charge in [-0.25, -0.2) is 9.78 Å². The highest BCUT2D eigenvalue weighted by Crippen LogP contribution is 2.25. The van der Waals surface area contributed by atoms with E-state index in [0.29, 0.717) is 6.54 Å². The van der Waals surface area contributed by atoms with Crippen LogP contribution in [0.5, 0.6) is 0 Å². The minimum atomic E-state index is -0.833. The van der Waals surface area contributed by atoms with Crippen molar-refractivity contribution < 1.29 is 9.90 Å². The number of carboxylic acid groups (broad SMARTS) is 1. The maximum absolute atomic E-state index is 11.2. The molecule has 102 valence electrons. The van der Waals surface area contributed by atoms with Crippen molar-refractivity contribution in [3.05, 3.63) is 54.7 Å². The molecule has 1 aromatic carbocycles. The van der Waals surface area contributed by atoms with Gasteiger partial charge < -0.3 is 14.2 Å². The molecule has 0 fully saturated rings. The average molecular weight is 269 g/mol. The van der Waals surface area contributed by atoms with E-state index in [9.17, 15) is 9.90 Å². The van der Waals surface area contributed by atoms with Gasteiger partial charge in [0.2, 0.25) is 0 Å². The van der Waals surface area contributed by atoms with E-state index in [2.05, 4.69) is 4.98 Å². The Morgan fingerprint density at radius 1 is 1.40 bits per heavy atom. The molecule has 0 radical (unpaired) electrons. The lowest BCUT2D eigenvalue weighted by molar-refractivity contribution is -0.140. The largest absolute Gasteiger partial charge is 0.480 e. The molecule has 0 aliphatic carbocycles. The van der Waals surface area contributed by atoms with Gasteiger partial charge in [-0.2, -0.15) is 0 Å². The molecule has 0 bridgehead atoms. The SMILES string of the molecule is CC(C(=O)O)n1cc(Cn2ccnc2)c2ccccc21. The number of benzene rings is 1. The fourth-order valence-electron chi connectivity index (χ4n) is 2.42. The lowest BCUT2D eigenvalue weighted by Gasteiger charge is -2.09. The van der Waals surface area contributed by atoms with Gasteiger partial charge >= 0.3 is 5.97 Å². The molecule has 2 heterocycles. The van der Waals surface area contributed by atoms with Crippen LogP contribution in [0.4, 0.5) is 0 Å². The van der Waals surface area contributed by atoms with Gasteiger partial charge in [-0.3, -0.25) is 0 Å². The monoisotopic (exact) mass is 269 g/mol. The Balaban J connectivity index is 2.11. The molecule has 0 saturated heterocycles. The molecule has 5 heteroatoms. The Hall–Kier alpha value is -2.56. The molecule has 2 aromatic heterocycles. The molecule has 0 aliphatic rings. The molecule has 0 aliphatic heterocycles. The summed E-state index contributed by atoms with van der Waals surface area (Å²) in [6.45, 7) is 2.37. The number of carbonyl (C=O) groups is 1. The van der Waals surface area contributed by atoms with Crippen LogP contribution in [0, 0.1) is 0 Å². The Morgan fingerprint density at radius 3 is 2.90 bits per heavy atom. The fraction of sp³-hybridized carbons (Fsp3) is 0.200. The minimum absolute atomic E-state index is 0.587. The van der Waals surface area contributed by atoms with E-state index in [0.717, 1.165) is 16.5 Å². The average Bonchev–Trinajstić information content (AvgIpc) is 3.07. The van der Waals surface area contributed by atoms with Crippen LogP contribution in [0.25, 0.3) is 10.9 Å². The first-order valence-corrected chi connectivity index (χ1v) is 6.44. The summed E-state index contributed by atoms with van der Waals surface area (Å²) in [4.78, 5) is 15.3. The van der Waals surface area contributed by atoms with Crippen molar-refractivity contribution in [1.82, 2.24) is 14.1 Å². The van der Waals surface area contributed by atoms with Crippen LogP contribution in [0.3, 0.4) is 0 Å². The van der Waals surface area contributed by atoms with Gasteiger partial charge in [-0.05, 0) is 18.6 Å². The summed E-state index contributed by atoms with van der Waals surface area (Å²) in [6.07, 6.45) is 7.31. The van der Waals surface area contributed by atoms with Crippen molar-refractivity contribution in [2.24, 2.45) is 0 Å². The lowest BCUT2D eigenvalue weighted by atomic mass is 10.2. The van der Waals surface area contributed by atoms with Crippen LogP contribution in [-0.4, -0.2) is 25.2 Å². The van der Waals surface area contributed by atoms with Gasteiger partial charge in [0.1, 0.15) is 6.04 Å². The number of rotatable bonds is 4. The van der Waals surface area contributed by atoms with Gasteiger partial charge in [0.25, 0.3) is 0 Å². The van der Waals surface area contributed by atoms with Crippen molar-refractivity contribution in [1.29, 1.82) is 0 Å². The normalized spacial score (nSPS) is 12.7. The molecular formula is C15H15N3O2. The first-order valence-electron chi connectivity index (χ1n) is 6.44. The zero-order chi connectivity index (χ0) is 14.1. The summed E-state index contributed by atoms with van der Waals surface area (Å²) in [7, 11) is 0. The zero-order valence-electron chi connectivity index (χ0n) is 11.1. The van der Waals surface area contributed by atoms with E-state index >= 15 is 0 Å². The Bertz CT molecular complexity index is 744. The minimum Gasteiger partial charge on any atom is -0.480 e. The number of aliphatic carboxylic acids is 1. The third-order valence-corrected chi connectivity index (χ3v) is 3.51. The van der Waals surface area contributed by atoms with E-state index in [4.69, 9.17) is 0 Å². The number of para-hydroxylation sites is 1. The van der Waals surface area contributed by atoms with Crippen LogP contribution in [0.2, 0.25) is 0 Å². The molecule has 0 amide bonds. The summed E-state index contributed by atoms with van der Waals surface area (Å²) in [5.41, 5.74) is 2.03. The first kappa shape index (κ1) is 12.5. The molecule has 1 unspecified atom stereocenters. The van der Waals surface area contributed by atoms with Crippen LogP contribution < -0.4 is 0 Å². The van der Waals surface area contributed by atoms with Crippen LogP contribution in [0.1, 0.15) is 18.5 Å². The predicted octanol–water partition coefficient (Wildman–Crippen LogP) is 2.53. The second-order valence-corrected chi connectivity index (χ2v) is 4.83. The van der Waals surface area contributed by atoms with Gasteiger partial charge in [-0.15, -0.1) is 0 Å². The van der Waals surface area contributed by atoms with Crippen molar-refractivity contribution in [2.75, 3.05) is 0 Å². The standard InChI is InChI=1S/C15H15N3O2/c1-11(15(19)20)18-9-12(8-17-7-6-16-10-17)13-4-2-3-5-14(13)18/h2-7,9-11H,8H2,1H3,(H,19,20). The summed E-state index contributed by atoms with van der Waals surface area (Å²) >= 11 is 0. The van der Waals surface area contributed by atoms with Gasteiger partial charge in [0, 0.05) is 29.5 Å². The molecule has 0 saturated carbocycles. The Kier molecular flexibility index (Phi) is 3.02. The zero-order valence-corrected chi connectivity index (χ0v) is 11.1. The maximum atomic E-state index is 11.2. The second kappa shape index (κ2) is 4.85. The quantitative estimate of drug-likeness (QED) is 0.791. The molecule has 3 aromatic rings. The van der Waals surface area contributed by atoms with Crippen molar-refractivity contribution in [3.63, 3.8) is 0 Å². The number of imidazole rings is 1. The number of aromatic nitrogens is 3. The van der Waals surface area contributed by atoms with Crippen LogP contribution in [0.15, 0.2) is 49.2 Å². The maximum Gasteiger partial charge on any atom is 0.326 e. The third-order valence-electron chi connectivity index (χ3n) is 3.51. The van der Waals surface area contributed by atoms with E-state index in [1.165, 1.54) is 0 Å². The molecule has 1 atom stereocenters. The predicted molar refractivity (Wildman–Crippen MR) is 75.6 cm³/mol. The van der Waals surface area contributed by atoms with Gasteiger partial charge in [-0.1, -0.05) is 18.2 Å². The van der Waals surface area contributed by atoms with Crippen molar-refractivity contribution in [2.45, 2.75) is 19.5 Å². The summed E-state index contributed by atoms with van der Waals surface area (Å²) in [6, 6.07) is 7.28. The van der Waals surface area contributed by atoms with Crippen LogP contribution in [-0.2, 0) is 11.3 Å². The molecule has 1 N–H and O–H groups in total. The number of fused-ring (bicyclic) bond motifs is 1. The van der Waals surface area contributed by atoms with E-state index in [1.807, 2.05) is 45.8 Å². The summed E-state index contributed by atoms with van der Waals surface area (Å²) < 4.78 is 3.78. The molecule has 3 rings (SSSR count).